The van der Waals surface area contributed by atoms with E-state index in [1.807, 2.05) is 6.08 Å². The van der Waals surface area contributed by atoms with Crippen molar-refractivity contribution in [3.05, 3.63) is 24.3 Å². The third-order valence-corrected chi connectivity index (χ3v) is 18.2. The molecule has 0 saturated carbocycles. The van der Waals surface area contributed by atoms with E-state index in [1.54, 1.807) is 6.08 Å². The number of rotatable bonds is 73. The number of nitrogens with one attached hydrogen (secondary N) is 1. The van der Waals surface area contributed by atoms with Gasteiger partial charge in [0.05, 0.1) is 25.4 Å². The molecule has 0 aromatic carbocycles. The molecule has 2 unspecified atom stereocenters. The minimum atomic E-state index is -0.843. The van der Waals surface area contributed by atoms with Crippen LogP contribution in [0.3, 0.4) is 0 Å². The fraction of sp³-hybridized carbons (Fsp3) is 0.923. The predicted octanol–water partition coefficient (Wildman–Crippen LogP) is 25.3. The lowest BCUT2D eigenvalue weighted by Crippen LogP contribution is -2.45. The molecule has 6 heteroatoms. The number of carbonyl (C=O) groups is 2. The van der Waals surface area contributed by atoms with Gasteiger partial charge in [0, 0.05) is 12.8 Å². The Bertz CT molecular complexity index is 1320. The van der Waals surface area contributed by atoms with Gasteiger partial charge in [-0.1, -0.05) is 391 Å². The fourth-order valence-corrected chi connectivity index (χ4v) is 12.3. The standard InChI is InChI=1S/C78H151NO5/c1-3-5-7-9-11-13-15-17-19-21-39-42-46-50-54-58-62-66-70-76(81)75(74-80)79-77(82)71-67-63-59-55-51-47-43-40-36-34-32-30-28-26-24-22-23-25-27-29-31-33-35-37-41-45-49-53-57-61-65-69-73-84-78(83)72-68-64-60-56-52-48-44-38-20-18-16-14-12-10-8-6-4-2/h25,27,66,70,75-76,80-81H,3-24,26,28-65,67-69,71-74H2,1-2H3,(H,79,82)/b27-25-,70-66+. The van der Waals surface area contributed by atoms with E-state index in [2.05, 4.69) is 31.3 Å². The number of allylic oxidation sites excluding steroid dienone is 3. The summed E-state index contributed by atoms with van der Waals surface area (Å²) >= 11 is 0. The van der Waals surface area contributed by atoms with Crippen molar-refractivity contribution < 1.29 is 24.5 Å². The van der Waals surface area contributed by atoms with E-state index in [-0.39, 0.29) is 18.5 Å². The topological polar surface area (TPSA) is 95.9 Å². The van der Waals surface area contributed by atoms with Crippen LogP contribution in [0.5, 0.6) is 0 Å². The number of hydrogen-bond donors (Lipinski definition) is 3. The Hall–Kier alpha value is -1.66. The van der Waals surface area contributed by atoms with Crippen molar-refractivity contribution in [2.75, 3.05) is 13.2 Å². The highest BCUT2D eigenvalue weighted by Crippen LogP contribution is 2.19. The van der Waals surface area contributed by atoms with E-state index in [4.69, 9.17) is 4.74 Å². The molecule has 0 bridgehead atoms. The molecule has 2 atom stereocenters. The average Bonchev–Trinajstić information content (AvgIpc) is 3.51. The lowest BCUT2D eigenvalue weighted by Gasteiger charge is -2.20. The molecule has 6 nitrogen and oxygen atoms in total. The Kier molecular flexibility index (Phi) is 72.3. The minimum Gasteiger partial charge on any atom is -0.466 e. The van der Waals surface area contributed by atoms with Crippen LogP contribution in [-0.4, -0.2) is 47.4 Å². The smallest absolute Gasteiger partial charge is 0.305 e. The van der Waals surface area contributed by atoms with Gasteiger partial charge in [-0.2, -0.15) is 0 Å². The van der Waals surface area contributed by atoms with Gasteiger partial charge in [0.1, 0.15) is 0 Å². The second-order valence-electron chi connectivity index (χ2n) is 26.7. The normalized spacial score (nSPS) is 12.6. The third-order valence-electron chi connectivity index (χ3n) is 18.2. The van der Waals surface area contributed by atoms with Crippen LogP contribution >= 0.6 is 0 Å². The number of aliphatic hydroxyl groups excluding tert-OH is 2. The number of amides is 1. The van der Waals surface area contributed by atoms with Gasteiger partial charge < -0.3 is 20.3 Å². The second-order valence-corrected chi connectivity index (χ2v) is 26.7. The molecule has 0 rings (SSSR count). The Labute approximate surface area is 526 Å². The molecule has 0 aromatic heterocycles. The number of unbranched alkanes of at least 4 members (excludes halogenated alkanes) is 60. The summed E-state index contributed by atoms with van der Waals surface area (Å²) in [4.78, 5) is 24.6. The van der Waals surface area contributed by atoms with Crippen molar-refractivity contribution in [1.29, 1.82) is 0 Å². The molecular weight excluding hydrogens is 1030 g/mol. The van der Waals surface area contributed by atoms with Crippen LogP contribution in [0.1, 0.15) is 438 Å². The maximum atomic E-state index is 12.5. The van der Waals surface area contributed by atoms with Crippen molar-refractivity contribution in [3.8, 4) is 0 Å². The van der Waals surface area contributed by atoms with E-state index < -0.39 is 12.1 Å². The maximum Gasteiger partial charge on any atom is 0.305 e. The highest BCUT2D eigenvalue weighted by atomic mass is 16.5. The molecule has 0 aromatic rings. The predicted molar refractivity (Wildman–Crippen MR) is 370 cm³/mol. The summed E-state index contributed by atoms with van der Waals surface area (Å²) in [6, 6.07) is -0.626. The highest BCUT2D eigenvalue weighted by Gasteiger charge is 2.18. The molecule has 1 amide bonds. The van der Waals surface area contributed by atoms with Gasteiger partial charge in [-0.05, 0) is 57.8 Å². The van der Waals surface area contributed by atoms with Gasteiger partial charge in [0.2, 0.25) is 5.91 Å². The molecule has 0 aliphatic carbocycles. The number of esters is 1. The molecule has 0 heterocycles. The molecule has 0 radical (unpaired) electrons. The molecule has 0 saturated heterocycles. The summed E-state index contributed by atoms with van der Waals surface area (Å²) in [5.41, 5.74) is 0. The van der Waals surface area contributed by atoms with Gasteiger partial charge in [0.25, 0.3) is 0 Å². The third kappa shape index (κ3) is 69.4. The zero-order chi connectivity index (χ0) is 60.6. The van der Waals surface area contributed by atoms with E-state index in [9.17, 15) is 19.8 Å². The number of ether oxygens (including phenoxy) is 1. The van der Waals surface area contributed by atoms with Gasteiger partial charge in [0.15, 0.2) is 0 Å². The van der Waals surface area contributed by atoms with Crippen molar-refractivity contribution in [2.45, 2.75) is 450 Å². The highest BCUT2D eigenvalue weighted by molar-refractivity contribution is 5.76. The van der Waals surface area contributed by atoms with Crippen molar-refractivity contribution in [2.24, 2.45) is 0 Å². The minimum absolute atomic E-state index is 0.0228. The van der Waals surface area contributed by atoms with Gasteiger partial charge >= 0.3 is 5.97 Å². The van der Waals surface area contributed by atoms with Gasteiger partial charge in [-0.15, -0.1) is 0 Å². The Morgan fingerprint density at radius 1 is 0.321 bits per heavy atom. The molecule has 0 spiro atoms. The first-order valence-electron chi connectivity index (χ1n) is 38.6. The maximum absolute atomic E-state index is 12.5. The summed E-state index contributed by atoms with van der Waals surface area (Å²) in [6.45, 7) is 4.96. The van der Waals surface area contributed by atoms with Crippen molar-refractivity contribution in [3.63, 3.8) is 0 Å². The quantitative estimate of drug-likeness (QED) is 0.0320. The number of aliphatic hydroxyl groups is 2. The van der Waals surface area contributed by atoms with Crippen LogP contribution in [0.4, 0.5) is 0 Å². The molecule has 84 heavy (non-hydrogen) atoms. The van der Waals surface area contributed by atoms with Crippen LogP contribution in [-0.2, 0) is 14.3 Å². The van der Waals surface area contributed by atoms with E-state index in [1.165, 1.54) is 372 Å². The summed E-state index contributed by atoms with van der Waals surface area (Å²) in [6.07, 6.45) is 94.3. The summed E-state index contributed by atoms with van der Waals surface area (Å²) in [5.74, 6) is -0.0386. The summed E-state index contributed by atoms with van der Waals surface area (Å²) in [5, 5.41) is 23.2. The first kappa shape index (κ1) is 82.3. The average molecular weight is 1180 g/mol. The first-order chi connectivity index (χ1) is 41.5. The Balaban J connectivity index is 3.36. The van der Waals surface area contributed by atoms with Gasteiger partial charge in [-0.3, -0.25) is 9.59 Å². The monoisotopic (exact) mass is 1180 g/mol. The first-order valence-corrected chi connectivity index (χ1v) is 38.6. The van der Waals surface area contributed by atoms with Crippen LogP contribution in [0.25, 0.3) is 0 Å². The number of hydrogen-bond acceptors (Lipinski definition) is 5. The van der Waals surface area contributed by atoms with Crippen molar-refractivity contribution in [1.82, 2.24) is 5.32 Å². The molecule has 0 fully saturated rings. The number of carbonyl (C=O) groups excluding carboxylic acids is 2. The largest absolute Gasteiger partial charge is 0.466 e. The molecule has 0 aliphatic rings. The van der Waals surface area contributed by atoms with E-state index in [0.717, 1.165) is 38.5 Å². The van der Waals surface area contributed by atoms with Crippen LogP contribution in [0.15, 0.2) is 24.3 Å². The van der Waals surface area contributed by atoms with Crippen LogP contribution < -0.4 is 5.32 Å². The van der Waals surface area contributed by atoms with Crippen LogP contribution in [0, 0.1) is 0 Å². The van der Waals surface area contributed by atoms with E-state index in [0.29, 0.717) is 19.4 Å². The Morgan fingerprint density at radius 2 is 0.560 bits per heavy atom. The van der Waals surface area contributed by atoms with Crippen LogP contribution in [0.2, 0.25) is 0 Å². The second kappa shape index (κ2) is 73.8. The summed E-state index contributed by atoms with van der Waals surface area (Å²) in [7, 11) is 0. The molecule has 0 aliphatic heterocycles. The SMILES string of the molecule is CCCCCCCCCCCCCCCCCC/C=C/C(O)C(CO)NC(=O)CCCCCCCCCCCCCCCCCC/C=C\CCCCCCCCCCCCCCOC(=O)CCCCCCCCCCCCCCCCCCC. The molecule has 498 valence electrons. The van der Waals surface area contributed by atoms with Gasteiger partial charge in [-0.25, -0.2) is 0 Å². The molecule has 3 N–H and O–H groups in total. The zero-order valence-corrected chi connectivity index (χ0v) is 57.2. The van der Waals surface area contributed by atoms with Crippen molar-refractivity contribution >= 4 is 11.9 Å². The summed E-state index contributed by atoms with van der Waals surface area (Å²) < 4.78 is 5.51. The lowest BCUT2D eigenvalue weighted by atomic mass is 10.0. The van der Waals surface area contributed by atoms with E-state index >= 15 is 0 Å². The molecular formula is C78H151NO5. The zero-order valence-electron chi connectivity index (χ0n) is 57.2. The fourth-order valence-electron chi connectivity index (χ4n) is 12.3. The Morgan fingerprint density at radius 3 is 0.845 bits per heavy atom. The lowest BCUT2D eigenvalue weighted by molar-refractivity contribution is -0.143.